The van der Waals surface area contributed by atoms with E-state index in [0.717, 1.165) is 0 Å². The molecule has 0 saturated carbocycles. The van der Waals surface area contributed by atoms with Crippen LogP contribution in [-0.4, -0.2) is 33.1 Å². The van der Waals surface area contributed by atoms with Gasteiger partial charge in [0.05, 0.1) is 19.5 Å². The van der Waals surface area contributed by atoms with Gasteiger partial charge in [0.15, 0.2) is 5.69 Å². The smallest absolute Gasteiger partial charge is 0.355 e. The first-order valence-corrected chi connectivity index (χ1v) is 5.14. The summed E-state index contributed by atoms with van der Waals surface area (Å²) in [6.07, 6.45) is 2.94. The molecule has 0 aliphatic carbocycles. The number of carbonyl (C=O) groups is 1. The van der Waals surface area contributed by atoms with Gasteiger partial charge in [-0.2, -0.15) is 0 Å². The largest absolute Gasteiger partial charge is 0.480 e. The number of nitrogens with zero attached hydrogens (tertiary/aromatic N) is 3. The monoisotopic (exact) mass is 237 g/mol. The molecule has 82 valence electrons. The third kappa shape index (κ3) is 1.98. The number of rotatable bonds is 3. The van der Waals surface area contributed by atoms with E-state index in [2.05, 4.69) is 15.0 Å². The van der Waals surface area contributed by atoms with Gasteiger partial charge in [-0.25, -0.2) is 19.7 Å². The van der Waals surface area contributed by atoms with Crippen LogP contribution in [0.15, 0.2) is 17.8 Å². The van der Waals surface area contributed by atoms with Crippen LogP contribution in [-0.2, 0) is 0 Å². The van der Waals surface area contributed by atoms with Crippen LogP contribution in [0.2, 0.25) is 0 Å². The molecule has 0 saturated heterocycles. The van der Waals surface area contributed by atoms with Crippen molar-refractivity contribution in [3.8, 4) is 16.6 Å². The third-order valence-electron chi connectivity index (χ3n) is 1.78. The first-order chi connectivity index (χ1) is 7.70. The van der Waals surface area contributed by atoms with Crippen LogP contribution in [0.1, 0.15) is 10.5 Å². The van der Waals surface area contributed by atoms with Gasteiger partial charge in [-0.05, 0) is 0 Å². The number of carboxylic acids is 1. The molecule has 0 bridgehead atoms. The lowest BCUT2D eigenvalue weighted by molar-refractivity contribution is 0.0691. The second kappa shape index (κ2) is 4.23. The summed E-state index contributed by atoms with van der Waals surface area (Å²) in [6.45, 7) is 0. The molecule has 2 rings (SSSR count). The lowest BCUT2D eigenvalue weighted by Crippen LogP contribution is -1.96. The Hall–Kier alpha value is -2.02. The zero-order valence-corrected chi connectivity index (χ0v) is 9.06. The predicted octanol–water partition coefficient (Wildman–Crippen LogP) is 1.31. The fourth-order valence-electron chi connectivity index (χ4n) is 1.02. The highest BCUT2D eigenvalue weighted by Crippen LogP contribution is 2.21. The summed E-state index contributed by atoms with van der Waals surface area (Å²) in [5.41, 5.74) is 0.538. The third-order valence-corrected chi connectivity index (χ3v) is 2.64. The second-order valence-electron chi connectivity index (χ2n) is 2.79. The molecule has 0 radical (unpaired) electrons. The van der Waals surface area contributed by atoms with E-state index >= 15 is 0 Å². The number of aromatic nitrogens is 3. The van der Waals surface area contributed by atoms with Gasteiger partial charge in [0.2, 0.25) is 5.88 Å². The molecule has 0 fully saturated rings. The van der Waals surface area contributed by atoms with Gasteiger partial charge in [0.1, 0.15) is 10.7 Å². The maximum absolute atomic E-state index is 10.6. The van der Waals surface area contributed by atoms with Gasteiger partial charge >= 0.3 is 5.97 Å². The molecule has 0 unspecified atom stereocenters. The Bertz CT molecular complexity index is 509. The van der Waals surface area contributed by atoms with Gasteiger partial charge in [-0.1, -0.05) is 0 Å². The number of hydrogen-bond acceptors (Lipinski definition) is 6. The first kappa shape index (κ1) is 10.5. The highest BCUT2D eigenvalue weighted by molar-refractivity contribution is 7.13. The fraction of sp³-hybridized carbons (Fsp3) is 0.111. The van der Waals surface area contributed by atoms with E-state index in [9.17, 15) is 4.79 Å². The van der Waals surface area contributed by atoms with Crippen LogP contribution >= 0.6 is 11.3 Å². The van der Waals surface area contributed by atoms with Crippen molar-refractivity contribution < 1.29 is 14.6 Å². The summed E-state index contributed by atoms with van der Waals surface area (Å²) >= 11 is 1.21. The van der Waals surface area contributed by atoms with Crippen LogP contribution in [0, 0.1) is 0 Å². The molecule has 0 spiro atoms. The van der Waals surface area contributed by atoms with E-state index in [0.29, 0.717) is 16.6 Å². The molecule has 6 nitrogen and oxygen atoms in total. The summed E-state index contributed by atoms with van der Waals surface area (Å²) in [5.74, 6) is -0.650. The summed E-state index contributed by atoms with van der Waals surface area (Å²) in [7, 11) is 1.50. The highest BCUT2D eigenvalue weighted by atomic mass is 32.1. The topological polar surface area (TPSA) is 85.2 Å². The van der Waals surface area contributed by atoms with Crippen molar-refractivity contribution in [1.82, 2.24) is 15.0 Å². The van der Waals surface area contributed by atoms with E-state index < -0.39 is 5.97 Å². The van der Waals surface area contributed by atoms with Crippen LogP contribution in [0.3, 0.4) is 0 Å². The number of ether oxygens (including phenoxy) is 1. The van der Waals surface area contributed by atoms with Crippen LogP contribution < -0.4 is 4.74 Å². The molecule has 0 aromatic carbocycles. The Morgan fingerprint density at radius 3 is 2.75 bits per heavy atom. The number of carboxylic acid groups (broad SMARTS) is 1. The zero-order chi connectivity index (χ0) is 11.5. The van der Waals surface area contributed by atoms with Gasteiger partial charge in [0.25, 0.3) is 0 Å². The van der Waals surface area contributed by atoms with Crippen molar-refractivity contribution in [2.75, 3.05) is 7.11 Å². The minimum atomic E-state index is -1.05. The standard InChI is InChI=1S/C9H7N3O3S/c1-15-7-3-10-5(2-11-7)8-12-6(4-16-8)9(13)14/h2-4H,1H3,(H,13,14). The summed E-state index contributed by atoms with van der Waals surface area (Å²) in [4.78, 5) is 22.6. The molecule has 2 aromatic rings. The Kier molecular flexibility index (Phi) is 2.78. The van der Waals surface area contributed by atoms with Gasteiger partial charge in [0, 0.05) is 5.38 Å². The molecule has 7 heteroatoms. The molecule has 0 amide bonds. The van der Waals surface area contributed by atoms with Crippen LogP contribution in [0.25, 0.3) is 10.7 Å². The Morgan fingerprint density at radius 1 is 1.44 bits per heavy atom. The molecule has 2 aromatic heterocycles. The number of thiazole rings is 1. The van der Waals surface area contributed by atoms with E-state index in [-0.39, 0.29) is 5.69 Å². The normalized spacial score (nSPS) is 10.1. The Balaban J connectivity index is 2.31. The molecule has 0 aliphatic heterocycles. The maximum atomic E-state index is 10.6. The Morgan fingerprint density at radius 2 is 2.25 bits per heavy atom. The van der Waals surface area contributed by atoms with Gasteiger partial charge in [-0.15, -0.1) is 11.3 Å². The van der Waals surface area contributed by atoms with Crippen LogP contribution in [0.5, 0.6) is 5.88 Å². The minimum absolute atomic E-state index is 0.0117. The molecule has 0 atom stereocenters. The van der Waals surface area contributed by atoms with Crippen molar-refractivity contribution in [3.05, 3.63) is 23.5 Å². The van der Waals surface area contributed by atoms with Crippen molar-refractivity contribution in [2.45, 2.75) is 0 Å². The van der Waals surface area contributed by atoms with Gasteiger partial charge in [-0.3, -0.25) is 0 Å². The molecule has 16 heavy (non-hydrogen) atoms. The van der Waals surface area contributed by atoms with Gasteiger partial charge < -0.3 is 9.84 Å². The van der Waals surface area contributed by atoms with Crippen LogP contribution in [0.4, 0.5) is 0 Å². The average Bonchev–Trinajstić information content (AvgIpc) is 2.78. The summed E-state index contributed by atoms with van der Waals surface area (Å²) < 4.78 is 4.86. The van der Waals surface area contributed by atoms with Crippen molar-refractivity contribution in [2.24, 2.45) is 0 Å². The fourth-order valence-corrected chi connectivity index (χ4v) is 1.78. The quantitative estimate of drug-likeness (QED) is 0.866. The van der Waals surface area contributed by atoms with Crippen molar-refractivity contribution in [3.63, 3.8) is 0 Å². The zero-order valence-electron chi connectivity index (χ0n) is 8.25. The maximum Gasteiger partial charge on any atom is 0.355 e. The lowest BCUT2D eigenvalue weighted by atomic mass is 10.4. The van der Waals surface area contributed by atoms with E-state index in [1.54, 1.807) is 0 Å². The minimum Gasteiger partial charge on any atom is -0.480 e. The summed E-state index contributed by atoms with van der Waals surface area (Å²) in [6, 6.07) is 0. The SMILES string of the molecule is COc1cnc(-c2nc(C(=O)O)cs2)cn1. The first-order valence-electron chi connectivity index (χ1n) is 4.26. The summed E-state index contributed by atoms with van der Waals surface area (Å²) in [5, 5.41) is 10.7. The number of hydrogen-bond donors (Lipinski definition) is 1. The predicted molar refractivity (Wildman–Crippen MR) is 56.7 cm³/mol. The second-order valence-corrected chi connectivity index (χ2v) is 3.65. The molecular weight excluding hydrogens is 230 g/mol. The van der Waals surface area contributed by atoms with E-state index in [1.807, 2.05) is 0 Å². The number of aromatic carboxylic acids is 1. The Labute approximate surface area is 94.6 Å². The van der Waals surface area contributed by atoms with Crippen molar-refractivity contribution in [1.29, 1.82) is 0 Å². The van der Waals surface area contributed by atoms with Crippen molar-refractivity contribution >= 4 is 17.3 Å². The lowest BCUT2D eigenvalue weighted by Gasteiger charge is -1.97. The van der Waals surface area contributed by atoms with E-state index in [1.165, 1.54) is 36.2 Å². The average molecular weight is 237 g/mol. The molecule has 0 aliphatic rings. The molecular formula is C9H7N3O3S. The highest BCUT2D eigenvalue weighted by Gasteiger charge is 2.11. The molecule has 2 heterocycles. The van der Waals surface area contributed by atoms with E-state index in [4.69, 9.17) is 9.84 Å². The molecule has 1 N–H and O–H groups in total. The number of methoxy groups -OCH3 is 1.